The molecular weight excluding hydrogens is 655 g/mol. The van der Waals surface area contributed by atoms with Crippen molar-refractivity contribution >= 4 is 11.8 Å². The Morgan fingerprint density at radius 1 is 0.939 bits per heavy atom. The molecule has 0 amide bonds. The summed E-state index contributed by atoms with van der Waals surface area (Å²) < 4.78 is 90.9. The zero-order valence-electron chi connectivity index (χ0n) is 28.0. The van der Waals surface area contributed by atoms with Crippen LogP contribution in [0.3, 0.4) is 0 Å². The van der Waals surface area contributed by atoms with E-state index in [1.54, 1.807) is 14.2 Å². The summed E-state index contributed by atoms with van der Waals surface area (Å²) in [4.78, 5) is 23.5. The Kier molecular flexibility index (Phi) is 14.9. The van der Waals surface area contributed by atoms with Crippen LogP contribution in [0, 0.1) is 5.92 Å². The Morgan fingerprint density at radius 2 is 1.57 bits per heavy atom. The molecule has 1 aliphatic rings. The van der Waals surface area contributed by atoms with E-state index in [1.165, 1.54) is 0 Å². The van der Waals surface area contributed by atoms with Crippen LogP contribution in [0.1, 0.15) is 81.8 Å². The second-order valence-electron chi connectivity index (χ2n) is 12.3. The number of carboxylic acids is 1. The molecule has 0 spiro atoms. The third-order valence-electron chi connectivity index (χ3n) is 8.78. The van der Waals surface area contributed by atoms with Crippen molar-refractivity contribution < 1.29 is 60.3 Å². The van der Waals surface area contributed by atoms with Crippen LogP contribution in [0.15, 0.2) is 54.6 Å². The van der Waals surface area contributed by atoms with Gasteiger partial charge in [-0.3, -0.25) is 4.79 Å². The van der Waals surface area contributed by atoms with E-state index in [4.69, 9.17) is 23.7 Å². The summed E-state index contributed by atoms with van der Waals surface area (Å²) >= 11 is 0. The minimum atomic E-state index is -5.80. The van der Waals surface area contributed by atoms with Crippen molar-refractivity contribution in [3.05, 3.63) is 65.7 Å². The molecule has 13 heteroatoms. The maximum Gasteiger partial charge on any atom is 0.453 e. The van der Waals surface area contributed by atoms with E-state index in [0.717, 1.165) is 36.1 Å². The van der Waals surface area contributed by atoms with Crippen LogP contribution in [0.25, 0.3) is 0 Å². The van der Waals surface area contributed by atoms with Crippen molar-refractivity contribution in [2.75, 3.05) is 34.4 Å². The van der Waals surface area contributed by atoms with Crippen molar-refractivity contribution in [2.24, 2.45) is 5.92 Å². The van der Waals surface area contributed by atoms with Crippen molar-refractivity contribution in [1.29, 1.82) is 0 Å². The fourth-order valence-corrected chi connectivity index (χ4v) is 5.87. The Bertz CT molecular complexity index is 1380. The summed E-state index contributed by atoms with van der Waals surface area (Å²) in [6.07, 6.45) is -0.920. The van der Waals surface area contributed by atoms with Crippen LogP contribution in [0.4, 0.5) is 22.0 Å². The Hall–Kier alpha value is -3.71. The molecule has 2 aromatic carbocycles. The quantitative estimate of drug-likeness (QED) is 0.0440. The SMILES string of the molecule is COCOc1ccc(C2(C)COc3cc(OCOC)ccc3C2C/C=C/CCCCCCC(C(=O)[O-])C(=O)CCC(F)(F)C(F)(F)F)cc1. The van der Waals surface area contributed by atoms with Crippen LogP contribution in [0.2, 0.25) is 0 Å². The summed E-state index contributed by atoms with van der Waals surface area (Å²) in [6.45, 7) is 2.86. The predicted octanol–water partition coefficient (Wildman–Crippen LogP) is 7.29. The van der Waals surface area contributed by atoms with E-state index in [0.29, 0.717) is 37.4 Å². The maximum atomic E-state index is 13.2. The lowest BCUT2D eigenvalue weighted by atomic mass is 9.66. The fourth-order valence-electron chi connectivity index (χ4n) is 5.87. The fraction of sp³-hybridized carbons (Fsp3) is 0.556. The Balaban J connectivity index is 1.56. The van der Waals surface area contributed by atoms with Gasteiger partial charge in [-0.05, 0) is 55.0 Å². The van der Waals surface area contributed by atoms with Gasteiger partial charge in [-0.15, -0.1) is 0 Å². The van der Waals surface area contributed by atoms with Crippen molar-refractivity contribution in [2.45, 2.75) is 88.1 Å². The number of unbranched alkanes of at least 4 members (excludes halogenated alkanes) is 4. The van der Waals surface area contributed by atoms with Crippen molar-refractivity contribution in [1.82, 2.24) is 0 Å². The van der Waals surface area contributed by atoms with Gasteiger partial charge in [-0.2, -0.15) is 22.0 Å². The van der Waals surface area contributed by atoms with Crippen LogP contribution in [-0.4, -0.2) is 58.3 Å². The molecule has 0 bridgehead atoms. The molecule has 1 heterocycles. The van der Waals surface area contributed by atoms with E-state index in [2.05, 4.69) is 19.1 Å². The van der Waals surface area contributed by atoms with Gasteiger partial charge in [0, 0.05) is 44.5 Å². The molecule has 8 nitrogen and oxygen atoms in total. The number of methoxy groups -OCH3 is 2. The Labute approximate surface area is 283 Å². The average Bonchev–Trinajstić information content (AvgIpc) is 3.06. The number of halogens is 5. The minimum Gasteiger partial charge on any atom is -0.549 e. The van der Waals surface area contributed by atoms with Gasteiger partial charge in [0.05, 0.1) is 18.5 Å². The number of carboxylic acid groups (broad SMARTS) is 1. The first-order valence-electron chi connectivity index (χ1n) is 16.2. The van der Waals surface area contributed by atoms with E-state index in [1.807, 2.05) is 42.5 Å². The molecule has 3 atom stereocenters. The van der Waals surface area contributed by atoms with E-state index in [-0.39, 0.29) is 31.3 Å². The first-order chi connectivity index (χ1) is 23.2. The molecule has 0 saturated heterocycles. The average molecular weight is 700 g/mol. The summed E-state index contributed by atoms with van der Waals surface area (Å²) in [5.41, 5.74) is 1.76. The molecule has 0 fully saturated rings. The number of alkyl halides is 5. The number of hydrogen-bond donors (Lipinski definition) is 0. The highest BCUT2D eigenvalue weighted by Crippen LogP contribution is 2.49. The first-order valence-corrected chi connectivity index (χ1v) is 16.2. The lowest BCUT2D eigenvalue weighted by Gasteiger charge is -2.42. The minimum absolute atomic E-state index is 0.0601. The van der Waals surface area contributed by atoms with Gasteiger partial charge >= 0.3 is 12.1 Å². The van der Waals surface area contributed by atoms with Crippen molar-refractivity contribution in [3.63, 3.8) is 0 Å². The number of carbonyl (C=O) groups is 2. The number of hydrogen-bond acceptors (Lipinski definition) is 8. The number of carbonyl (C=O) groups excluding carboxylic acids is 2. The second kappa shape index (κ2) is 18.3. The maximum absolute atomic E-state index is 13.2. The number of rotatable bonds is 21. The summed E-state index contributed by atoms with van der Waals surface area (Å²) in [7, 11) is 3.10. The van der Waals surface area contributed by atoms with Crippen molar-refractivity contribution in [3.8, 4) is 17.2 Å². The highest BCUT2D eigenvalue weighted by molar-refractivity contribution is 5.97. The smallest absolute Gasteiger partial charge is 0.453 e. The highest BCUT2D eigenvalue weighted by atomic mass is 19.4. The van der Waals surface area contributed by atoms with E-state index >= 15 is 0 Å². The molecule has 0 saturated carbocycles. The van der Waals surface area contributed by atoms with Gasteiger partial charge in [0.15, 0.2) is 13.6 Å². The van der Waals surface area contributed by atoms with Crippen LogP contribution in [-0.2, 0) is 24.5 Å². The molecule has 272 valence electrons. The van der Waals surface area contributed by atoms with Gasteiger partial charge < -0.3 is 33.6 Å². The molecule has 3 rings (SSSR count). The molecule has 2 aromatic rings. The highest BCUT2D eigenvalue weighted by Gasteiger charge is 2.57. The third kappa shape index (κ3) is 11.1. The molecule has 0 aromatic heterocycles. The molecule has 0 aliphatic carbocycles. The second-order valence-corrected chi connectivity index (χ2v) is 12.3. The summed E-state index contributed by atoms with van der Waals surface area (Å²) in [5, 5.41) is 11.4. The molecule has 3 unspecified atom stereocenters. The lowest BCUT2D eigenvalue weighted by molar-refractivity contribution is -0.310. The molecule has 1 aliphatic heterocycles. The number of fused-ring (bicyclic) bond motifs is 1. The third-order valence-corrected chi connectivity index (χ3v) is 8.78. The number of Topliss-reactive ketones (excluding diaryl/α,β-unsaturated/α-hetero) is 1. The normalized spacial score (nSPS) is 18.5. The lowest BCUT2D eigenvalue weighted by Crippen LogP contribution is -2.40. The summed E-state index contributed by atoms with van der Waals surface area (Å²) in [5.74, 6) is -7.59. The molecular formula is C36H44F5O8-. The predicted molar refractivity (Wildman–Crippen MR) is 169 cm³/mol. The van der Waals surface area contributed by atoms with Gasteiger partial charge in [-0.25, -0.2) is 0 Å². The number of aliphatic carboxylic acids is 1. The van der Waals surface area contributed by atoms with Crippen LogP contribution >= 0.6 is 0 Å². The molecule has 49 heavy (non-hydrogen) atoms. The first kappa shape index (κ1) is 39.7. The number of ether oxygens (including phenoxy) is 5. The van der Waals surface area contributed by atoms with E-state index in [9.17, 15) is 36.6 Å². The number of allylic oxidation sites excluding steroid dienone is 2. The number of benzene rings is 2. The van der Waals surface area contributed by atoms with Gasteiger partial charge in [-0.1, -0.05) is 56.5 Å². The van der Waals surface area contributed by atoms with Crippen LogP contribution < -0.4 is 19.3 Å². The van der Waals surface area contributed by atoms with Gasteiger partial charge in [0.25, 0.3) is 0 Å². The Morgan fingerprint density at radius 3 is 2.20 bits per heavy atom. The number of ketones is 1. The molecule has 0 radical (unpaired) electrons. The standard InChI is InChI=1S/C36H45F5O8/c1-34(25-13-15-26(16-14-25)48-23-45-2)22-47-32-21-27(49-24-46-3)17-18-28(32)30(34)12-10-8-6-4-5-7-9-11-29(33(43)44)31(42)19-20-35(37,38)36(39,40)41/h8,10,13-18,21,29-30H,4-7,9,11-12,19-20,22-24H2,1-3H3,(H,43,44)/p-1/b10-8+. The zero-order valence-corrected chi connectivity index (χ0v) is 28.0. The van der Waals surface area contributed by atoms with E-state index < -0.39 is 42.6 Å². The summed E-state index contributed by atoms with van der Waals surface area (Å²) in [6, 6.07) is 13.6. The topological polar surface area (TPSA) is 103 Å². The van der Waals surface area contributed by atoms with Crippen LogP contribution in [0.5, 0.6) is 17.2 Å². The monoisotopic (exact) mass is 699 g/mol. The van der Waals surface area contributed by atoms with Gasteiger partial charge in [0.1, 0.15) is 23.0 Å². The largest absolute Gasteiger partial charge is 0.549 e. The zero-order chi connectivity index (χ0) is 36.1. The molecule has 0 N–H and O–H groups in total. The van der Waals surface area contributed by atoms with Gasteiger partial charge in [0.2, 0.25) is 0 Å².